The van der Waals surface area contributed by atoms with Gasteiger partial charge in [-0.05, 0) is 0 Å². The molecule has 3 aromatic heterocycles. The maximum Gasteiger partial charge on any atom is 0.198 e. The Balaban J connectivity index is 1.59. The van der Waals surface area contributed by atoms with Crippen molar-refractivity contribution < 1.29 is 52.7 Å². The Kier molecular flexibility index (Phi) is 6.32. The molecule has 0 unspecified atom stereocenters. The number of nitrogens with zero attached hydrogens (tertiary/aromatic N) is 6. The van der Waals surface area contributed by atoms with Gasteiger partial charge in [0.25, 0.3) is 0 Å². The van der Waals surface area contributed by atoms with Crippen LogP contribution in [0.1, 0.15) is 0 Å². The monoisotopic (exact) mass is 730 g/mol. The Morgan fingerprint density at radius 3 is 0.904 bits per heavy atom. The van der Waals surface area contributed by atoms with Gasteiger partial charge in [0.05, 0.1) is 32.7 Å². The van der Waals surface area contributed by atoms with Gasteiger partial charge in [-0.3, -0.25) is 0 Å². The summed E-state index contributed by atoms with van der Waals surface area (Å²) in [5.74, 6) is -29.6. The Labute approximate surface area is 276 Å². The van der Waals surface area contributed by atoms with Gasteiger partial charge in [-0.25, -0.2) is 82.6 Å². The van der Waals surface area contributed by atoms with Gasteiger partial charge in [0.2, 0.25) is 0 Å². The number of H-pyrrole nitrogens is 2. The van der Waals surface area contributed by atoms with Crippen molar-refractivity contribution in [1.29, 1.82) is 0 Å². The molecule has 0 aliphatic carbocycles. The molecular weight excluding hydrogens is 724 g/mol. The van der Waals surface area contributed by atoms with Crippen molar-refractivity contribution in [3.63, 3.8) is 0 Å². The highest BCUT2D eigenvalue weighted by Crippen LogP contribution is 2.42. The maximum atomic E-state index is 15.4. The van der Waals surface area contributed by atoms with E-state index >= 15 is 26.3 Å². The molecule has 0 saturated carbocycles. The molecule has 258 valence electrons. The molecule has 0 saturated heterocycles. The highest BCUT2D eigenvalue weighted by Gasteiger charge is 2.35. The second-order valence-electron chi connectivity index (χ2n) is 11.2. The summed E-state index contributed by atoms with van der Waals surface area (Å²) in [6.07, 6.45) is 0. The van der Waals surface area contributed by atoms with Gasteiger partial charge >= 0.3 is 0 Å². The summed E-state index contributed by atoms with van der Waals surface area (Å²) in [5, 5.41) is -4.48. The minimum atomic E-state index is -2.41. The van der Waals surface area contributed by atoms with Crippen molar-refractivity contribution in [3.8, 4) is 45.6 Å². The summed E-state index contributed by atoms with van der Waals surface area (Å²) >= 11 is 0. The van der Waals surface area contributed by atoms with Gasteiger partial charge in [0, 0.05) is 11.1 Å². The van der Waals surface area contributed by atoms with E-state index in [4.69, 9.17) is 0 Å². The van der Waals surface area contributed by atoms with Gasteiger partial charge in [-0.1, -0.05) is 24.3 Å². The molecule has 5 heterocycles. The highest BCUT2D eigenvalue weighted by atomic mass is 19.2. The molecule has 0 spiro atoms. The number of fused-ring (bicyclic) bond motifs is 20. The fourth-order valence-electron chi connectivity index (χ4n) is 6.08. The minimum Gasteiger partial charge on any atom is -0.324 e. The molecule has 7 aromatic rings. The van der Waals surface area contributed by atoms with Crippen LogP contribution in [-0.4, -0.2) is 39.9 Å². The third-order valence-electron chi connectivity index (χ3n) is 8.37. The van der Waals surface area contributed by atoms with Crippen molar-refractivity contribution in [3.05, 3.63) is 94.1 Å². The lowest BCUT2D eigenvalue weighted by Crippen LogP contribution is -2.01. The Morgan fingerprint density at radius 2 is 0.577 bits per heavy atom. The Hall–Kier alpha value is -6.60. The number of aromatic nitrogens is 8. The average molecular weight is 730 g/mol. The normalized spacial score (nSPS) is 12.2. The summed E-state index contributed by atoms with van der Waals surface area (Å²) in [6.45, 7) is 0. The smallest absolute Gasteiger partial charge is 0.198 e. The van der Waals surface area contributed by atoms with E-state index in [9.17, 15) is 26.3 Å². The molecule has 0 atom stereocenters. The number of halogens is 12. The van der Waals surface area contributed by atoms with E-state index in [-0.39, 0.29) is 11.1 Å². The molecule has 2 N–H and O–H groups in total. The standard InChI is InChI=1S/C32H6F12N8/c33-13-7-9(15(35)21(41)19(13)39)29-48-27(7)46-25-5-3-1-2-4-6(5)26(45-25)47-28-8-10(16(36)22(42)20(40)14(8)34)30(49-28)51-32-12-11(31(50-29)52-32)17(37)23(43)24(44)18(12)38/h1-4H,(H2,45,46,47,48,49,50,51,52). The molecule has 8 bridgehead atoms. The molecular formula is C32H6F12N8. The lowest BCUT2D eigenvalue weighted by atomic mass is 10.1. The third kappa shape index (κ3) is 3.96. The van der Waals surface area contributed by atoms with Gasteiger partial charge in [-0.15, -0.1) is 0 Å². The van der Waals surface area contributed by atoms with E-state index in [2.05, 4.69) is 39.9 Å². The second kappa shape index (κ2) is 10.5. The van der Waals surface area contributed by atoms with Crippen molar-refractivity contribution in [2.24, 2.45) is 0 Å². The molecule has 4 aromatic carbocycles. The first kappa shape index (κ1) is 31.4. The van der Waals surface area contributed by atoms with E-state index in [1.807, 2.05) is 0 Å². The van der Waals surface area contributed by atoms with Crippen molar-refractivity contribution >= 4 is 44.1 Å². The molecule has 9 rings (SSSR count). The van der Waals surface area contributed by atoms with Crippen LogP contribution in [0.25, 0.3) is 89.7 Å². The molecule has 2 aliphatic rings. The second-order valence-corrected chi connectivity index (χ2v) is 11.2. The summed E-state index contributed by atoms with van der Waals surface area (Å²) < 4.78 is 180. The lowest BCUT2D eigenvalue weighted by Gasteiger charge is -2.05. The predicted octanol–water partition coefficient (Wildman–Crippen LogP) is 8.54. The van der Waals surface area contributed by atoms with Crippen molar-refractivity contribution in [2.45, 2.75) is 0 Å². The van der Waals surface area contributed by atoms with Crippen LogP contribution in [0.4, 0.5) is 52.7 Å². The molecule has 2 aliphatic heterocycles. The largest absolute Gasteiger partial charge is 0.324 e. The van der Waals surface area contributed by atoms with Crippen LogP contribution in [0, 0.1) is 69.8 Å². The van der Waals surface area contributed by atoms with Crippen LogP contribution < -0.4 is 0 Å². The molecule has 0 radical (unpaired) electrons. The SMILES string of the molecule is Fc1c(F)c(F)c2c(c1F)-c1nc-2nc2[nH]c(nc3nc(nc4[nH]c(n1)c1c(F)c(F)c(F)c(F)c41)-c1ccccc1-3)c1c(F)c(F)c(F)c(F)c21. The van der Waals surface area contributed by atoms with Gasteiger partial charge in [0.15, 0.2) is 93.1 Å². The quantitative estimate of drug-likeness (QED) is 0.0920. The number of hydrogen-bond donors (Lipinski definition) is 2. The minimum absolute atomic E-state index is 0.0860. The third-order valence-corrected chi connectivity index (χ3v) is 8.37. The topological polar surface area (TPSA) is 109 Å². The lowest BCUT2D eigenvalue weighted by molar-refractivity contribution is 0.412. The molecule has 52 heavy (non-hydrogen) atoms. The molecule has 8 nitrogen and oxygen atoms in total. The van der Waals surface area contributed by atoms with Crippen molar-refractivity contribution in [2.75, 3.05) is 0 Å². The zero-order chi connectivity index (χ0) is 36.7. The van der Waals surface area contributed by atoms with E-state index in [1.165, 1.54) is 24.3 Å². The van der Waals surface area contributed by atoms with Crippen LogP contribution in [0.5, 0.6) is 0 Å². The van der Waals surface area contributed by atoms with E-state index in [0.29, 0.717) is 0 Å². The van der Waals surface area contributed by atoms with Crippen LogP contribution in [0.3, 0.4) is 0 Å². The number of hydrogen-bond acceptors (Lipinski definition) is 6. The Bertz CT molecular complexity index is 2820. The summed E-state index contributed by atoms with van der Waals surface area (Å²) in [4.78, 5) is 28.3. The first-order valence-electron chi connectivity index (χ1n) is 14.3. The van der Waals surface area contributed by atoms with Crippen LogP contribution in [-0.2, 0) is 0 Å². The molecule has 20 heteroatoms. The van der Waals surface area contributed by atoms with Gasteiger partial charge in [0.1, 0.15) is 22.6 Å². The first-order chi connectivity index (χ1) is 24.8. The molecule has 0 amide bonds. The highest BCUT2D eigenvalue weighted by molar-refractivity contribution is 6.07. The summed E-state index contributed by atoms with van der Waals surface area (Å²) in [6, 6.07) is 5.70. The fraction of sp³-hybridized carbons (Fsp3) is 0. The van der Waals surface area contributed by atoms with E-state index in [1.54, 1.807) is 0 Å². The fourth-order valence-corrected chi connectivity index (χ4v) is 6.08. The number of nitrogens with one attached hydrogen (secondary N) is 2. The van der Waals surface area contributed by atoms with Gasteiger partial charge < -0.3 is 9.97 Å². The number of benzene rings is 4. The zero-order valence-electron chi connectivity index (χ0n) is 24.5. The van der Waals surface area contributed by atoms with Gasteiger partial charge in [-0.2, -0.15) is 0 Å². The summed E-state index contributed by atoms with van der Waals surface area (Å²) in [7, 11) is 0. The van der Waals surface area contributed by atoms with Crippen LogP contribution in [0.15, 0.2) is 24.3 Å². The van der Waals surface area contributed by atoms with Crippen LogP contribution >= 0.6 is 0 Å². The first-order valence-corrected chi connectivity index (χ1v) is 14.3. The maximum absolute atomic E-state index is 15.4. The van der Waals surface area contributed by atoms with E-state index < -0.39 is 148 Å². The predicted molar refractivity (Wildman–Crippen MR) is 156 cm³/mol. The number of aromatic amines is 2. The molecule has 0 fully saturated rings. The Morgan fingerprint density at radius 1 is 0.308 bits per heavy atom. The zero-order valence-corrected chi connectivity index (χ0v) is 24.5. The van der Waals surface area contributed by atoms with Crippen LogP contribution in [0.2, 0.25) is 0 Å². The van der Waals surface area contributed by atoms with E-state index in [0.717, 1.165) is 0 Å². The summed E-state index contributed by atoms with van der Waals surface area (Å²) in [5.41, 5.74) is -6.05. The average Bonchev–Trinajstić information content (AvgIpc) is 3.87. The number of rotatable bonds is 0. The van der Waals surface area contributed by atoms with Crippen molar-refractivity contribution in [1.82, 2.24) is 39.9 Å².